The van der Waals surface area contributed by atoms with Gasteiger partial charge in [0.2, 0.25) is 0 Å². The third kappa shape index (κ3) is 1.56. The topological polar surface area (TPSA) is 43.8 Å². The Kier molecular flexibility index (Phi) is 2.13. The van der Waals surface area contributed by atoms with Gasteiger partial charge in [-0.1, -0.05) is 11.6 Å². The van der Waals surface area contributed by atoms with E-state index in [1.165, 1.54) is 23.0 Å². The van der Waals surface area contributed by atoms with Crippen molar-refractivity contribution in [1.29, 1.82) is 0 Å². The molecule has 0 amide bonds. The molecule has 0 aliphatic carbocycles. The molecule has 72 valence electrons. The van der Waals surface area contributed by atoms with E-state index >= 15 is 0 Å². The standard InChI is InChI=1S/C9H7ClFN3/c10-6-4-13-14(5-6)7-1-2-8(11)9(12)3-7/h1-5H,12H2. The number of hydrogen-bond acceptors (Lipinski definition) is 2. The first-order valence-electron chi connectivity index (χ1n) is 3.92. The van der Waals surface area contributed by atoms with Gasteiger partial charge < -0.3 is 5.73 Å². The van der Waals surface area contributed by atoms with Gasteiger partial charge in [0.1, 0.15) is 5.82 Å². The van der Waals surface area contributed by atoms with Crippen LogP contribution in [0.15, 0.2) is 30.6 Å². The zero-order valence-electron chi connectivity index (χ0n) is 7.11. The van der Waals surface area contributed by atoms with Crippen molar-refractivity contribution >= 4 is 17.3 Å². The van der Waals surface area contributed by atoms with E-state index in [1.807, 2.05) is 0 Å². The van der Waals surface area contributed by atoms with Crippen molar-refractivity contribution in [2.45, 2.75) is 0 Å². The first-order chi connectivity index (χ1) is 6.66. The van der Waals surface area contributed by atoms with E-state index in [0.29, 0.717) is 10.7 Å². The Morgan fingerprint density at radius 3 is 2.79 bits per heavy atom. The molecule has 0 unspecified atom stereocenters. The summed E-state index contributed by atoms with van der Waals surface area (Å²) in [5.41, 5.74) is 6.18. The Balaban J connectivity index is 2.47. The maximum Gasteiger partial charge on any atom is 0.146 e. The maximum atomic E-state index is 12.8. The average molecular weight is 212 g/mol. The van der Waals surface area contributed by atoms with Crippen LogP contribution < -0.4 is 5.73 Å². The second-order valence-electron chi connectivity index (χ2n) is 2.81. The van der Waals surface area contributed by atoms with Gasteiger partial charge in [0, 0.05) is 6.20 Å². The molecule has 0 bridgehead atoms. The van der Waals surface area contributed by atoms with Gasteiger partial charge in [-0.3, -0.25) is 0 Å². The highest BCUT2D eigenvalue weighted by atomic mass is 35.5. The molecule has 2 rings (SSSR count). The van der Waals surface area contributed by atoms with Crippen LogP contribution in [0.2, 0.25) is 5.02 Å². The lowest BCUT2D eigenvalue weighted by atomic mass is 10.3. The third-order valence-corrected chi connectivity index (χ3v) is 1.99. The van der Waals surface area contributed by atoms with Gasteiger partial charge in [0.25, 0.3) is 0 Å². The normalized spacial score (nSPS) is 10.4. The van der Waals surface area contributed by atoms with Gasteiger partial charge in [-0.15, -0.1) is 0 Å². The molecule has 14 heavy (non-hydrogen) atoms. The number of benzene rings is 1. The van der Waals surface area contributed by atoms with E-state index in [0.717, 1.165) is 0 Å². The molecular formula is C9H7ClFN3. The van der Waals surface area contributed by atoms with Crippen molar-refractivity contribution in [3.05, 3.63) is 41.4 Å². The molecule has 3 nitrogen and oxygen atoms in total. The minimum atomic E-state index is -0.438. The van der Waals surface area contributed by atoms with Crippen LogP contribution in [0.4, 0.5) is 10.1 Å². The monoisotopic (exact) mass is 211 g/mol. The summed E-state index contributed by atoms with van der Waals surface area (Å²) in [5, 5.41) is 4.48. The highest BCUT2D eigenvalue weighted by Gasteiger charge is 2.02. The predicted octanol–water partition coefficient (Wildman–Crippen LogP) is 2.25. The van der Waals surface area contributed by atoms with Crippen molar-refractivity contribution in [1.82, 2.24) is 9.78 Å². The first kappa shape index (κ1) is 9.02. The number of aromatic nitrogens is 2. The SMILES string of the molecule is Nc1cc(-n2cc(Cl)cn2)ccc1F. The third-order valence-electron chi connectivity index (χ3n) is 1.80. The van der Waals surface area contributed by atoms with Crippen molar-refractivity contribution in [3.8, 4) is 5.69 Å². The number of hydrogen-bond donors (Lipinski definition) is 1. The zero-order chi connectivity index (χ0) is 10.1. The summed E-state index contributed by atoms with van der Waals surface area (Å²) in [6.45, 7) is 0. The molecule has 0 saturated heterocycles. The van der Waals surface area contributed by atoms with Crippen LogP contribution in [0.1, 0.15) is 0 Å². The highest BCUT2D eigenvalue weighted by Crippen LogP contribution is 2.16. The minimum Gasteiger partial charge on any atom is -0.396 e. The molecule has 1 aromatic heterocycles. The number of anilines is 1. The van der Waals surface area contributed by atoms with Gasteiger partial charge in [-0.25, -0.2) is 9.07 Å². The van der Waals surface area contributed by atoms with Gasteiger partial charge in [0.05, 0.1) is 22.6 Å². The Labute approximate surface area is 84.9 Å². The van der Waals surface area contributed by atoms with E-state index in [1.54, 1.807) is 12.3 Å². The summed E-state index contributed by atoms with van der Waals surface area (Å²) < 4.78 is 14.4. The maximum absolute atomic E-state index is 12.8. The van der Waals surface area contributed by atoms with Crippen LogP contribution in [0.25, 0.3) is 5.69 Å². The Morgan fingerprint density at radius 2 is 2.21 bits per heavy atom. The number of halogens is 2. The van der Waals surface area contributed by atoms with Crippen molar-refractivity contribution in [2.75, 3.05) is 5.73 Å². The molecule has 0 fully saturated rings. The molecule has 0 atom stereocenters. The average Bonchev–Trinajstić information content (AvgIpc) is 2.57. The summed E-state index contributed by atoms with van der Waals surface area (Å²) in [7, 11) is 0. The predicted molar refractivity (Wildman–Crippen MR) is 52.9 cm³/mol. The molecule has 5 heteroatoms. The van der Waals surface area contributed by atoms with E-state index < -0.39 is 5.82 Å². The van der Waals surface area contributed by atoms with Gasteiger partial charge >= 0.3 is 0 Å². The molecule has 0 spiro atoms. The van der Waals surface area contributed by atoms with Crippen molar-refractivity contribution < 1.29 is 4.39 Å². The Morgan fingerprint density at radius 1 is 1.43 bits per heavy atom. The van der Waals surface area contributed by atoms with Gasteiger partial charge in [-0.2, -0.15) is 5.10 Å². The summed E-state index contributed by atoms with van der Waals surface area (Å²) >= 11 is 5.69. The molecule has 0 saturated carbocycles. The van der Waals surface area contributed by atoms with Crippen LogP contribution in [-0.4, -0.2) is 9.78 Å². The number of nitrogens with zero attached hydrogens (tertiary/aromatic N) is 2. The second-order valence-corrected chi connectivity index (χ2v) is 3.25. The number of nitrogen functional groups attached to an aromatic ring is 1. The van der Waals surface area contributed by atoms with Crippen molar-refractivity contribution in [3.63, 3.8) is 0 Å². The molecule has 2 aromatic rings. The number of nitrogens with two attached hydrogens (primary N) is 1. The van der Waals surface area contributed by atoms with E-state index in [9.17, 15) is 4.39 Å². The summed E-state index contributed by atoms with van der Waals surface area (Å²) in [6, 6.07) is 4.37. The highest BCUT2D eigenvalue weighted by molar-refractivity contribution is 6.30. The van der Waals surface area contributed by atoms with E-state index in [2.05, 4.69) is 5.10 Å². The lowest BCUT2D eigenvalue weighted by Gasteiger charge is -2.02. The van der Waals surface area contributed by atoms with E-state index in [-0.39, 0.29) is 5.69 Å². The molecule has 0 radical (unpaired) electrons. The number of rotatable bonds is 1. The van der Waals surface area contributed by atoms with Crippen LogP contribution in [-0.2, 0) is 0 Å². The summed E-state index contributed by atoms with van der Waals surface area (Å²) in [5.74, 6) is -0.438. The second kappa shape index (κ2) is 3.31. The smallest absolute Gasteiger partial charge is 0.146 e. The largest absolute Gasteiger partial charge is 0.396 e. The van der Waals surface area contributed by atoms with E-state index in [4.69, 9.17) is 17.3 Å². The summed E-state index contributed by atoms with van der Waals surface area (Å²) in [6.07, 6.45) is 3.12. The van der Waals surface area contributed by atoms with Crippen LogP contribution in [0.5, 0.6) is 0 Å². The quantitative estimate of drug-likeness (QED) is 0.736. The Hall–Kier alpha value is -1.55. The van der Waals surface area contributed by atoms with Crippen LogP contribution in [0.3, 0.4) is 0 Å². The van der Waals surface area contributed by atoms with Gasteiger partial charge in [-0.05, 0) is 18.2 Å². The van der Waals surface area contributed by atoms with Crippen LogP contribution in [0, 0.1) is 5.82 Å². The lowest BCUT2D eigenvalue weighted by molar-refractivity contribution is 0.631. The molecule has 1 heterocycles. The zero-order valence-corrected chi connectivity index (χ0v) is 7.87. The molecule has 0 aliphatic heterocycles. The molecule has 1 aromatic carbocycles. The van der Waals surface area contributed by atoms with Gasteiger partial charge in [0.15, 0.2) is 0 Å². The Bertz CT molecular complexity index is 467. The first-order valence-corrected chi connectivity index (χ1v) is 4.30. The van der Waals surface area contributed by atoms with Crippen molar-refractivity contribution in [2.24, 2.45) is 0 Å². The molecular weight excluding hydrogens is 205 g/mol. The fourth-order valence-corrected chi connectivity index (χ4v) is 1.25. The summed E-state index contributed by atoms with van der Waals surface area (Å²) in [4.78, 5) is 0. The fourth-order valence-electron chi connectivity index (χ4n) is 1.12. The fraction of sp³-hybridized carbons (Fsp3) is 0. The minimum absolute atomic E-state index is 0.0918. The lowest BCUT2D eigenvalue weighted by Crippen LogP contribution is -1.97. The molecule has 2 N–H and O–H groups in total. The molecule has 0 aliphatic rings. The van der Waals surface area contributed by atoms with Crippen LogP contribution >= 0.6 is 11.6 Å².